The summed E-state index contributed by atoms with van der Waals surface area (Å²) in [7, 11) is 0. The minimum Gasteiger partial charge on any atom is -0.480 e. The Hall–Kier alpha value is -2.65. The normalized spacial score (nSPS) is 14.9. The molecule has 9 heteroatoms. The number of benzene rings is 1. The number of carboxylic acids is 1. The molecule has 4 atom stereocenters. The van der Waals surface area contributed by atoms with Gasteiger partial charge in [-0.2, -0.15) is 11.8 Å². The summed E-state index contributed by atoms with van der Waals surface area (Å²) in [4.78, 5) is 43.8. The Bertz CT molecular complexity index is 954. The number of anilines is 1. The summed E-state index contributed by atoms with van der Waals surface area (Å²) in [5.41, 5.74) is 6.90. The summed E-state index contributed by atoms with van der Waals surface area (Å²) in [5, 5.41) is 12.9. The number of carbonyl (C=O) groups is 3. The number of nitrogens with one attached hydrogen (secondary N) is 1. The number of aromatic nitrogens is 1. The van der Waals surface area contributed by atoms with Crippen molar-refractivity contribution in [2.45, 2.75) is 51.7 Å². The summed E-state index contributed by atoms with van der Waals surface area (Å²) < 4.78 is 0. The van der Waals surface area contributed by atoms with Crippen LogP contribution in [0.2, 0.25) is 0 Å². The topological polar surface area (TPSA) is 126 Å². The van der Waals surface area contributed by atoms with Crippen molar-refractivity contribution >= 4 is 46.3 Å². The summed E-state index contributed by atoms with van der Waals surface area (Å²) in [6.07, 6.45) is 2.84. The third-order valence-corrected chi connectivity index (χ3v) is 6.25. The van der Waals surface area contributed by atoms with Crippen LogP contribution >= 0.6 is 11.8 Å². The Kier molecular flexibility index (Phi) is 9.46. The van der Waals surface area contributed by atoms with Gasteiger partial charge < -0.3 is 16.2 Å². The van der Waals surface area contributed by atoms with Gasteiger partial charge in [0.2, 0.25) is 11.8 Å². The maximum absolute atomic E-state index is 13.4. The highest BCUT2D eigenvalue weighted by molar-refractivity contribution is 7.98. The lowest BCUT2D eigenvalue weighted by molar-refractivity contribution is -0.142. The van der Waals surface area contributed by atoms with Crippen molar-refractivity contribution in [2.75, 3.05) is 16.9 Å². The van der Waals surface area contributed by atoms with Crippen molar-refractivity contribution in [2.24, 2.45) is 11.7 Å². The minimum absolute atomic E-state index is 0.103. The van der Waals surface area contributed by atoms with E-state index in [-0.39, 0.29) is 12.3 Å². The number of amides is 2. The van der Waals surface area contributed by atoms with Gasteiger partial charge in [0, 0.05) is 5.39 Å². The first-order chi connectivity index (χ1) is 15.2. The number of para-hydroxylation sites is 1. The van der Waals surface area contributed by atoms with E-state index in [0.29, 0.717) is 23.5 Å². The van der Waals surface area contributed by atoms with Crippen LogP contribution in [0.4, 0.5) is 5.82 Å². The molecule has 0 unspecified atom stereocenters. The minimum atomic E-state index is -1.11. The predicted molar refractivity (Wildman–Crippen MR) is 129 cm³/mol. The Labute approximate surface area is 192 Å². The molecule has 0 spiro atoms. The molecular weight excluding hydrogens is 428 g/mol. The molecule has 0 radical (unpaired) electrons. The third-order valence-electron chi connectivity index (χ3n) is 5.60. The fourth-order valence-electron chi connectivity index (χ4n) is 3.25. The Morgan fingerprint density at radius 1 is 1.19 bits per heavy atom. The molecule has 32 heavy (non-hydrogen) atoms. The zero-order chi connectivity index (χ0) is 23.8. The molecule has 2 rings (SSSR count). The predicted octanol–water partition coefficient (Wildman–Crippen LogP) is 2.65. The van der Waals surface area contributed by atoms with Gasteiger partial charge in [-0.25, -0.2) is 9.78 Å². The van der Waals surface area contributed by atoms with Gasteiger partial charge in [-0.15, -0.1) is 0 Å². The monoisotopic (exact) mass is 460 g/mol. The molecule has 174 valence electrons. The van der Waals surface area contributed by atoms with Gasteiger partial charge in [-0.05, 0) is 49.5 Å². The van der Waals surface area contributed by atoms with Gasteiger partial charge in [0.05, 0.1) is 11.6 Å². The van der Waals surface area contributed by atoms with E-state index in [2.05, 4.69) is 10.3 Å². The lowest BCUT2D eigenvalue weighted by Crippen LogP contribution is -2.57. The number of nitrogens with zero attached hydrogens (tertiary/aromatic N) is 2. The van der Waals surface area contributed by atoms with Crippen molar-refractivity contribution in [1.29, 1.82) is 0 Å². The number of nitrogens with two attached hydrogens (primary N) is 1. The van der Waals surface area contributed by atoms with Gasteiger partial charge in [0.25, 0.3) is 0 Å². The van der Waals surface area contributed by atoms with Crippen LogP contribution in [0.5, 0.6) is 0 Å². The van der Waals surface area contributed by atoms with Gasteiger partial charge in [-0.1, -0.05) is 38.5 Å². The van der Waals surface area contributed by atoms with Crippen LogP contribution in [0.25, 0.3) is 10.9 Å². The number of hydrogen-bond donors (Lipinski definition) is 3. The van der Waals surface area contributed by atoms with E-state index in [1.54, 1.807) is 13.0 Å². The molecule has 1 heterocycles. The summed E-state index contributed by atoms with van der Waals surface area (Å²) in [5.74, 6) is -1.34. The van der Waals surface area contributed by atoms with Crippen molar-refractivity contribution in [3.63, 3.8) is 0 Å². The summed E-state index contributed by atoms with van der Waals surface area (Å²) in [6.45, 7) is 5.37. The number of rotatable bonds is 11. The molecule has 2 aromatic rings. The van der Waals surface area contributed by atoms with Crippen LogP contribution in [0, 0.1) is 5.92 Å². The number of aliphatic carboxylic acids is 1. The van der Waals surface area contributed by atoms with E-state index in [9.17, 15) is 19.5 Å². The van der Waals surface area contributed by atoms with E-state index in [1.165, 1.54) is 16.7 Å². The second-order valence-electron chi connectivity index (χ2n) is 7.84. The van der Waals surface area contributed by atoms with Crippen molar-refractivity contribution in [1.82, 2.24) is 10.3 Å². The zero-order valence-corrected chi connectivity index (χ0v) is 19.8. The van der Waals surface area contributed by atoms with E-state index < -0.39 is 35.9 Å². The van der Waals surface area contributed by atoms with Gasteiger partial charge in [0.15, 0.2) is 0 Å². The lowest BCUT2D eigenvalue weighted by Gasteiger charge is -2.32. The number of thioether (sulfide) groups is 1. The summed E-state index contributed by atoms with van der Waals surface area (Å²) in [6, 6.07) is 8.11. The van der Waals surface area contributed by atoms with Gasteiger partial charge in [0.1, 0.15) is 17.9 Å². The molecule has 0 bridgehead atoms. The standard InChI is InChI=1S/C23H32N4O4S/c1-5-14(2)20(24)22(29)27(19-11-10-16-8-6-7-9-17(16)25-19)15(3)21(28)26-18(23(30)31)12-13-32-4/h6-11,14-15,18,20H,5,12-13,24H2,1-4H3,(H,26,28)(H,30,31)/t14-,15-,18-,20-/m0/s1. The SMILES string of the molecule is CC[C@H](C)[C@H](N)C(=O)N(c1ccc2ccccc2n1)[C@@H](C)C(=O)N[C@@H](CCSC)C(=O)O. The molecule has 0 aliphatic carbocycles. The molecule has 2 amide bonds. The molecule has 8 nitrogen and oxygen atoms in total. The van der Waals surface area contributed by atoms with Crippen LogP contribution in [-0.2, 0) is 14.4 Å². The number of fused-ring (bicyclic) bond motifs is 1. The Morgan fingerprint density at radius 2 is 1.88 bits per heavy atom. The molecule has 1 aromatic heterocycles. The van der Waals surface area contributed by atoms with E-state index in [0.717, 1.165) is 5.39 Å². The van der Waals surface area contributed by atoms with E-state index in [1.807, 2.05) is 50.4 Å². The highest BCUT2D eigenvalue weighted by Gasteiger charge is 2.35. The molecule has 0 fully saturated rings. The average Bonchev–Trinajstić information content (AvgIpc) is 2.80. The fourth-order valence-corrected chi connectivity index (χ4v) is 3.72. The van der Waals surface area contributed by atoms with Gasteiger partial charge >= 0.3 is 5.97 Å². The molecule has 0 aliphatic rings. The van der Waals surface area contributed by atoms with Crippen LogP contribution in [0.3, 0.4) is 0 Å². The smallest absolute Gasteiger partial charge is 0.326 e. The van der Waals surface area contributed by atoms with E-state index in [4.69, 9.17) is 5.73 Å². The first kappa shape index (κ1) is 25.6. The summed E-state index contributed by atoms with van der Waals surface area (Å²) >= 11 is 1.50. The zero-order valence-electron chi connectivity index (χ0n) is 18.9. The Balaban J connectivity index is 2.40. The molecule has 1 aromatic carbocycles. The molecule has 0 saturated heterocycles. The first-order valence-electron chi connectivity index (χ1n) is 10.7. The molecular formula is C23H32N4O4S. The van der Waals surface area contributed by atoms with E-state index >= 15 is 0 Å². The number of carbonyl (C=O) groups excluding carboxylic acids is 2. The van der Waals surface area contributed by atoms with Crippen LogP contribution in [-0.4, -0.2) is 58.0 Å². The number of hydrogen-bond acceptors (Lipinski definition) is 6. The van der Waals surface area contributed by atoms with Crippen molar-refractivity contribution < 1.29 is 19.5 Å². The highest BCUT2D eigenvalue weighted by atomic mass is 32.2. The quantitative estimate of drug-likeness (QED) is 0.471. The average molecular weight is 461 g/mol. The first-order valence-corrected chi connectivity index (χ1v) is 12.1. The maximum atomic E-state index is 13.4. The highest BCUT2D eigenvalue weighted by Crippen LogP contribution is 2.22. The lowest BCUT2D eigenvalue weighted by atomic mass is 9.98. The fraction of sp³-hybridized carbons (Fsp3) is 0.478. The second kappa shape index (κ2) is 11.8. The maximum Gasteiger partial charge on any atom is 0.326 e. The number of pyridine rings is 1. The third kappa shape index (κ3) is 6.20. The van der Waals surface area contributed by atoms with Crippen LogP contribution < -0.4 is 16.0 Å². The number of carboxylic acid groups (broad SMARTS) is 1. The van der Waals surface area contributed by atoms with Gasteiger partial charge in [-0.3, -0.25) is 14.5 Å². The Morgan fingerprint density at radius 3 is 2.50 bits per heavy atom. The molecule has 0 saturated carbocycles. The van der Waals surface area contributed by atoms with Crippen LogP contribution in [0.15, 0.2) is 36.4 Å². The van der Waals surface area contributed by atoms with Crippen molar-refractivity contribution in [3.8, 4) is 0 Å². The largest absolute Gasteiger partial charge is 0.480 e. The van der Waals surface area contributed by atoms with Crippen molar-refractivity contribution in [3.05, 3.63) is 36.4 Å². The second-order valence-corrected chi connectivity index (χ2v) is 8.82. The molecule has 0 aliphatic heterocycles. The van der Waals surface area contributed by atoms with Crippen LogP contribution in [0.1, 0.15) is 33.6 Å². The molecule has 4 N–H and O–H groups in total.